The van der Waals surface area contributed by atoms with E-state index in [1.807, 2.05) is 18.2 Å². The molecule has 3 aromatic rings. The third-order valence-corrected chi connectivity index (χ3v) is 7.95. The van der Waals surface area contributed by atoms with E-state index < -0.39 is 6.10 Å². The van der Waals surface area contributed by atoms with E-state index in [4.69, 9.17) is 4.74 Å². The Labute approximate surface area is 211 Å². The van der Waals surface area contributed by atoms with Gasteiger partial charge in [0.2, 0.25) is 0 Å². The molecule has 2 fully saturated rings. The van der Waals surface area contributed by atoms with Crippen LogP contribution < -0.4 is 10.9 Å². The van der Waals surface area contributed by atoms with Crippen molar-refractivity contribution in [3.05, 3.63) is 70.3 Å². The second kappa shape index (κ2) is 10.3. The molecule has 0 radical (unpaired) electrons. The minimum atomic E-state index is -0.634. The number of hydrogen-bond donors (Lipinski definition) is 2. The van der Waals surface area contributed by atoms with Crippen molar-refractivity contribution >= 4 is 16.6 Å². The number of nitrogens with zero attached hydrogens (tertiary/aromatic N) is 4. The second-order valence-corrected chi connectivity index (χ2v) is 10.5. The normalized spacial score (nSPS) is 20.7. The zero-order valence-electron chi connectivity index (χ0n) is 20.7. The van der Waals surface area contributed by atoms with E-state index in [0.717, 1.165) is 64.3 Å². The highest BCUT2D eigenvalue weighted by Gasteiger charge is 2.29. The van der Waals surface area contributed by atoms with Gasteiger partial charge in [0.15, 0.2) is 0 Å². The van der Waals surface area contributed by atoms with E-state index >= 15 is 0 Å². The van der Waals surface area contributed by atoms with Crippen molar-refractivity contribution in [2.45, 2.75) is 50.5 Å². The smallest absolute Gasteiger partial charge is 0.261 e. The van der Waals surface area contributed by atoms with Gasteiger partial charge < -0.3 is 15.2 Å². The number of piperidine rings is 1. The highest BCUT2D eigenvalue weighted by atomic mass is 16.5. The number of hydrogen-bond acceptors (Lipinski definition) is 7. The zero-order valence-corrected chi connectivity index (χ0v) is 20.7. The molecule has 190 valence electrons. The molecule has 8 nitrogen and oxygen atoms in total. The van der Waals surface area contributed by atoms with E-state index in [0.29, 0.717) is 29.5 Å². The number of rotatable bonds is 7. The first-order chi connectivity index (χ1) is 17.6. The highest BCUT2D eigenvalue weighted by Crippen LogP contribution is 2.22. The fourth-order valence-electron chi connectivity index (χ4n) is 5.75. The molecule has 4 heterocycles. The Kier molecular flexibility index (Phi) is 6.75. The molecule has 0 amide bonds. The third kappa shape index (κ3) is 5.04. The number of β-amino-alcohol motifs (C(OH)–C–C–N with tert-alkyl or cyclic N) is 1. The minimum Gasteiger partial charge on any atom is -0.390 e. The third-order valence-electron chi connectivity index (χ3n) is 7.95. The van der Waals surface area contributed by atoms with E-state index in [1.54, 1.807) is 6.33 Å². The lowest BCUT2D eigenvalue weighted by Crippen LogP contribution is -2.53. The predicted molar refractivity (Wildman–Crippen MR) is 140 cm³/mol. The molecule has 1 atom stereocenters. The van der Waals surface area contributed by atoms with Gasteiger partial charge in [-0.15, -0.1) is 0 Å². The van der Waals surface area contributed by atoms with Crippen LogP contribution in [0.15, 0.2) is 53.6 Å². The number of aliphatic hydroxyl groups is 1. The van der Waals surface area contributed by atoms with Gasteiger partial charge in [-0.2, -0.15) is 0 Å². The molecule has 8 heteroatoms. The quantitative estimate of drug-likeness (QED) is 0.526. The van der Waals surface area contributed by atoms with Gasteiger partial charge in [-0.1, -0.05) is 24.3 Å². The van der Waals surface area contributed by atoms with Gasteiger partial charge in [0.1, 0.15) is 0 Å². The zero-order chi connectivity index (χ0) is 24.5. The fourth-order valence-corrected chi connectivity index (χ4v) is 5.75. The molecule has 2 aromatic carbocycles. The molecule has 3 aliphatic rings. The van der Waals surface area contributed by atoms with Crippen LogP contribution in [0.2, 0.25) is 0 Å². The molecular weight excluding hydrogens is 454 g/mol. The molecule has 1 aromatic heterocycles. The van der Waals surface area contributed by atoms with Crippen molar-refractivity contribution in [1.82, 2.24) is 19.4 Å². The Morgan fingerprint density at radius 3 is 2.64 bits per heavy atom. The van der Waals surface area contributed by atoms with Gasteiger partial charge in [-0.25, -0.2) is 4.98 Å². The Balaban J connectivity index is 1.06. The Morgan fingerprint density at radius 1 is 1.06 bits per heavy atom. The van der Waals surface area contributed by atoms with E-state index in [-0.39, 0.29) is 12.1 Å². The summed E-state index contributed by atoms with van der Waals surface area (Å²) in [4.78, 5) is 22.5. The first-order valence-corrected chi connectivity index (χ1v) is 13.2. The number of nitrogens with one attached hydrogen (secondary N) is 1. The number of fused-ring (bicyclic) bond motifs is 2. The number of likely N-dealkylation sites (tertiary alicyclic amines) is 1. The van der Waals surface area contributed by atoms with Gasteiger partial charge in [-0.3, -0.25) is 19.2 Å². The van der Waals surface area contributed by atoms with Crippen LogP contribution in [0.4, 0.5) is 5.69 Å². The maximum Gasteiger partial charge on any atom is 0.261 e. The van der Waals surface area contributed by atoms with Gasteiger partial charge >= 0.3 is 0 Å². The maximum atomic E-state index is 13.1. The molecule has 2 saturated heterocycles. The molecule has 0 unspecified atom stereocenters. The SMILES string of the molecule is O=c1c2ccc(NC3CCN(C4COC4)CC3)cc2ncn1C[C@H](O)CN1CCc2ccccc2C1. The summed E-state index contributed by atoms with van der Waals surface area (Å²) in [6.45, 7) is 6.46. The average molecular weight is 490 g/mol. The van der Waals surface area contributed by atoms with Gasteiger partial charge in [-0.05, 0) is 48.6 Å². The lowest BCUT2D eigenvalue weighted by Gasteiger charge is -2.41. The van der Waals surface area contributed by atoms with Gasteiger partial charge in [0.25, 0.3) is 5.56 Å². The number of ether oxygens (including phenoxy) is 1. The molecule has 0 aliphatic carbocycles. The summed E-state index contributed by atoms with van der Waals surface area (Å²) in [5, 5.41) is 15.0. The van der Waals surface area contributed by atoms with E-state index in [1.165, 1.54) is 15.7 Å². The summed E-state index contributed by atoms with van der Waals surface area (Å²) in [6.07, 6.45) is 4.13. The van der Waals surface area contributed by atoms with Crippen molar-refractivity contribution in [2.75, 3.05) is 44.7 Å². The molecule has 6 rings (SSSR count). The topological polar surface area (TPSA) is 82.9 Å². The number of aromatic nitrogens is 2. The first kappa shape index (κ1) is 23.6. The maximum absolute atomic E-state index is 13.1. The number of benzene rings is 2. The molecule has 0 spiro atoms. The van der Waals surface area contributed by atoms with Crippen molar-refractivity contribution in [1.29, 1.82) is 0 Å². The minimum absolute atomic E-state index is 0.106. The molecule has 2 N–H and O–H groups in total. The summed E-state index contributed by atoms with van der Waals surface area (Å²) < 4.78 is 6.87. The van der Waals surface area contributed by atoms with Crippen molar-refractivity contribution < 1.29 is 9.84 Å². The number of aliphatic hydroxyl groups excluding tert-OH is 1. The Hall–Kier alpha value is -2.78. The Morgan fingerprint density at radius 2 is 1.86 bits per heavy atom. The van der Waals surface area contributed by atoms with Crippen LogP contribution in [0.25, 0.3) is 10.9 Å². The van der Waals surface area contributed by atoms with Gasteiger partial charge in [0.05, 0.1) is 49.1 Å². The van der Waals surface area contributed by atoms with Crippen LogP contribution in [0.5, 0.6) is 0 Å². The molecule has 0 saturated carbocycles. The standard InChI is InChI=1S/C28H35N5O3/c34-25(15-31-10-7-20-3-1-2-4-21(20)14-31)16-33-19-29-27-13-23(5-6-26(27)28(33)35)30-22-8-11-32(12-9-22)24-17-36-18-24/h1-6,13,19,22,24-25,30,34H,7-12,14-18H2/t25-/m1/s1. The summed E-state index contributed by atoms with van der Waals surface area (Å²) >= 11 is 0. The lowest BCUT2D eigenvalue weighted by atomic mass is 10.00. The molecular formula is C28H35N5O3. The second-order valence-electron chi connectivity index (χ2n) is 10.5. The van der Waals surface area contributed by atoms with Crippen molar-refractivity contribution in [3.8, 4) is 0 Å². The van der Waals surface area contributed by atoms with E-state index in [2.05, 4.69) is 44.4 Å². The van der Waals surface area contributed by atoms with Crippen LogP contribution >= 0.6 is 0 Å². The van der Waals surface area contributed by atoms with Gasteiger partial charge in [0, 0.05) is 44.5 Å². The summed E-state index contributed by atoms with van der Waals surface area (Å²) in [7, 11) is 0. The van der Waals surface area contributed by atoms with Crippen LogP contribution in [-0.2, 0) is 24.2 Å². The first-order valence-electron chi connectivity index (χ1n) is 13.2. The monoisotopic (exact) mass is 489 g/mol. The van der Waals surface area contributed by atoms with Crippen LogP contribution in [0.1, 0.15) is 24.0 Å². The van der Waals surface area contributed by atoms with Crippen molar-refractivity contribution in [2.24, 2.45) is 0 Å². The highest BCUT2D eigenvalue weighted by molar-refractivity contribution is 5.81. The number of anilines is 1. The molecule has 3 aliphatic heterocycles. The summed E-state index contributed by atoms with van der Waals surface area (Å²) in [5.41, 5.74) is 4.30. The molecule has 36 heavy (non-hydrogen) atoms. The van der Waals surface area contributed by atoms with Crippen LogP contribution in [0.3, 0.4) is 0 Å². The van der Waals surface area contributed by atoms with E-state index in [9.17, 15) is 9.90 Å². The predicted octanol–water partition coefficient (Wildman–Crippen LogP) is 2.09. The van der Waals surface area contributed by atoms with Crippen molar-refractivity contribution in [3.63, 3.8) is 0 Å². The Bertz CT molecular complexity index is 1270. The summed E-state index contributed by atoms with van der Waals surface area (Å²) in [5.74, 6) is 0. The van der Waals surface area contributed by atoms with Crippen LogP contribution in [-0.4, -0.2) is 82.0 Å². The lowest BCUT2D eigenvalue weighted by molar-refractivity contribution is -0.0705. The average Bonchev–Trinajstić information content (AvgIpc) is 2.86. The largest absolute Gasteiger partial charge is 0.390 e. The summed E-state index contributed by atoms with van der Waals surface area (Å²) in [6, 6.07) is 15.3. The fraction of sp³-hybridized carbons (Fsp3) is 0.500. The molecule has 0 bridgehead atoms. The van der Waals surface area contributed by atoms with Crippen LogP contribution in [0, 0.1) is 0 Å².